The lowest BCUT2D eigenvalue weighted by atomic mass is 10.2. The Kier molecular flexibility index (Phi) is 4.77. The van der Waals surface area contributed by atoms with Gasteiger partial charge in [0.2, 0.25) is 10.0 Å². The van der Waals surface area contributed by atoms with Crippen molar-refractivity contribution < 1.29 is 13.2 Å². The lowest BCUT2D eigenvalue weighted by Gasteiger charge is -2.11. The van der Waals surface area contributed by atoms with Gasteiger partial charge in [-0.2, -0.15) is 0 Å². The second kappa shape index (κ2) is 6.36. The van der Waals surface area contributed by atoms with Gasteiger partial charge in [0.15, 0.2) is 0 Å². The van der Waals surface area contributed by atoms with Crippen LogP contribution in [0.1, 0.15) is 10.4 Å². The summed E-state index contributed by atoms with van der Waals surface area (Å²) in [6.45, 7) is 0.535. The van der Waals surface area contributed by atoms with Crippen molar-refractivity contribution in [3.8, 4) is 5.75 Å². The highest BCUT2D eigenvalue weighted by Gasteiger charge is 2.19. The summed E-state index contributed by atoms with van der Waals surface area (Å²) < 4.78 is 32.4. The van der Waals surface area contributed by atoms with Crippen LogP contribution in [0.25, 0.3) is 0 Å². The molecule has 0 bridgehead atoms. The molecule has 0 radical (unpaired) electrons. The summed E-state index contributed by atoms with van der Waals surface area (Å²) >= 11 is 1.50. The summed E-state index contributed by atoms with van der Waals surface area (Å²) in [7, 11) is -2.20. The van der Waals surface area contributed by atoms with Gasteiger partial charge in [-0.1, -0.05) is 12.1 Å². The smallest absolute Gasteiger partial charge is 0.244 e. The van der Waals surface area contributed by atoms with Crippen LogP contribution in [-0.4, -0.2) is 15.5 Å². The lowest BCUT2D eigenvalue weighted by Crippen LogP contribution is -2.23. The minimum atomic E-state index is -3.64. The van der Waals surface area contributed by atoms with E-state index in [4.69, 9.17) is 10.5 Å². The molecule has 1 heterocycles. The summed E-state index contributed by atoms with van der Waals surface area (Å²) in [5.41, 5.74) is 6.29. The molecule has 5 nitrogen and oxygen atoms in total. The molecule has 1 aromatic carbocycles. The molecular formula is C13H16N2O3S2. The van der Waals surface area contributed by atoms with E-state index in [1.54, 1.807) is 12.1 Å². The first-order chi connectivity index (χ1) is 9.56. The van der Waals surface area contributed by atoms with Gasteiger partial charge in [-0.25, -0.2) is 13.1 Å². The zero-order chi connectivity index (χ0) is 14.6. The van der Waals surface area contributed by atoms with Gasteiger partial charge < -0.3 is 10.5 Å². The van der Waals surface area contributed by atoms with E-state index in [2.05, 4.69) is 4.72 Å². The predicted molar refractivity (Wildman–Crippen MR) is 79.2 cm³/mol. The molecule has 0 amide bonds. The molecule has 0 saturated heterocycles. The Morgan fingerprint density at radius 3 is 2.75 bits per heavy atom. The van der Waals surface area contributed by atoms with E-state index in [-0.39, 0.29) is 18.0 Å². The molecule has 2 aromatic rings. The molecule has 0 atom stereocenters. The summed E-state index contributed by atoms with van der Waals surface area (Å²) in [6, 6.07) is 8.65. The SMILES string of the molecule is COc1ccc(CN)cc1S(=O)(=O)NCc1cccs1. The van der Waals surface area contributed by atoms with E-state index in [9.17, 15) is 8.42 Å². The number of methoxy groups -OCH3 is 1. The Morgan fingerprint density at radius 1 is 1.35 bits per heavy atom. The fourth-order valence-corrected chi connectivity index (χ4v) is 3.67. The largest absolute Gasteiger partial charge is 0.495 e. The highest BCUT2D eigenvalue weighted by molar-refractivity contribution is 7.89. The number of hydrogen-bond acceptors (Lipinski definition) is 5. The molecule has 20 heavy (non-hydrogen) atoms. The van der Waals surface area contributed by atoms with Gasteiger partial charge >= 0.3 is 0 Å². The van der Waals surface area contributed by atoms with E-state index in [0.717, 1.165) is 10.4 Å². The number of sulfonamides is 1. The highest BCUT2D eigenvalue weighted by atomic mass is 32.2. The fraction of sp³-hybridized carbons (Fsp3) is 0.231. The van der Waals surface area contributed by atoms with Crippen LogP contribution >= 0.6 is 11.3 Å². The van der Waals surface area contributed by atoms with E-state index in [0.29, 0.717) is 5.75 Å². The molecule has 0 fully saturated rings. The summed E-state index contributed by atoms with van der Waals surface area (Å²) in [5, 5.41) is 1.90. The van der Waals surface area contributed by atoms with Gasteiger partial charge in [0.05, 0.1) is 7.11 Å². The van der Waals surface area contributed by atoms with Crippen LogP contribution in [0.3, 0.4) is 0 Å². The molecular weight excluding hydrogens is 296 g/mol. The maximum absolute atomic E-state index is 12.3. The standard InChI is InChI=1S/C13H16N2O3S2/c1-18-12-5-4-10(8-14)7-13(12)20(16,17)15-9-11-3-2-6-19-11/h2-7,15H,8-9,14H2,1H3. The Hall–Kier alpha value is -1.41. The molecule has 108 valence electrons. The predicted octanol–water partition coefficient (Wildman–Crippen LogP) is 1.69. The average molecular weight is 312 g/mol. The summed E-state index contributed by atoms with van der Waals surface area (Å²) in [6.07, 6.45) is 0. The van der Waals surface area contributed by atoms with Crippen molar-refractivity contribution in [1.29, 1.82) is 0 Å². The van der Waals surface area contributed by atoms with Crippen LogP contribution in [0.2, 0.25) is 0 Å². The zero-order valence-electron chi connectivity index (χ0n) is 11.0. The average Bonchev–Trinajstić information content (AvgIpc) is 2.98. The Bertz CT molecular complexity index is 667. The van der Waals surface area contributed by atoms with Crippen molar-refractivity contribution in [2.45, 2.75) is 18.0 Å². The van der Waals surface area contributed by atoms with E-state index >= 15 is 0 Å². The van der Waals surface area contributed by atoms with Gasteiger partial charge in [-0.3, -0.25) is 0 Å². The topological polar surface area (TPSA) is 81.4 Å². The molecule has 0 spiro atoms. The van der Waals surface area contributed by atoms with Crippen molar-refractivity contribution in [3.05, 3.63) is 46.2 Å². The maximum atomic E-state index is 12.3. The van der Waals surface area contributed by atoms with Crippen LogP contribution in [0.15, 0.2) is 40.6 Å². The zero-order valence-corrected chi connectivity index (χ0v) is 12.6. The molecule has 0 aliphatic carbocycles. The van der Waals surface area contributed by atoms with E-state index in [1.807, 2.05) is 17.5 Å². The third kappa shape index (κ3) is 3.37. The van der Waals surface area contributed by atoms with Crippen molar-refractivity contribution in [2.75, 3.05) is 7.11 Å². The number of thiophene rings is 1. The van der Waals surface area contributed by atoms with Gasteiger partial charge in [0.25, 0.3) is 0 Å². The summed E-state index contributed by atoms with van der Waals surface area (Å²) in [5.74, 6) is 0.306. The second-order valence-electron chi connectivity index (χ2n) is 4.09. The molecule has 0 aliphatic heterocycles. The Balaban J connectivity index is 2.28. The van der Waals surface area contributed by atoms with E-state index in [1.165, 1.54) is 24.5 Å². The van der Waals surface area contributed by atoms with Crippen LogP contribution in [-0.2, 0) is 23.1 Å². The van der Waals surface area contributed by atoms with Crippen molar-refractivity contribution in [1.82, 2.24) is 4.72 Å². The molecule has 0 unspecified atom stereocenters. The van der Waals surface area contributed by atoms with Crippen molar-refractivity contribution >= 4 is 21.4 Å². The van der Waals surface area contributed by atoms with Crippen LogP contribution < -0.4 is 15.2 Å². The Morgan fingerprint density at radius 2 is 2.15 bits per heavy atom. The number of hydrogen-bond donors (Lipinski definition) is 2. The monoisotopic (exact) mass is 312 g/mol. The molecule has 3 N–H and O–H groups in total. The normalized spacial score (nSPS) is 11.5. The maximum Gasteiger partial charge on any atom is 0.244 e. The molecule has 0 saturated carbocycles. The second-order valence-corrected chi connectivity index (χ2v) is 6.86. The van der Waals surface area contributed by atoms with Gasteiger partial charge in [-0.05, 0) is 29.1 Å². The lowest BCUT2D eigenvalue weighted by molar-refractivity contribution is 0.402. The van der Waals surface area contributed by atoms with Crippen LogP contribution in [0.5, 0.6) is 5.75 Å². The first-order valence-electron chi connectivity index (χ1n) is 5.96. The minimum absolute atomic E-state index is 0.111. The number of benzene rings is 1. The molecule has 2 rings (SSSR count). The van der Waals surface area contributed by atoms with Gasteiger partial charge in [0, 0.05) is 18.0 Å². The van der Waals surface area contributed by atoms with E-state index < -0.39 is 10.0 Å². The number of nitrogens with one attached hydrogen (secondary N) is 1. The Labute approximate surface area is 122 Å². The van der Waals surface area contributed by atoms with Crippen molar-refractivity contribution in [2.24, 2.45) is 5.73 Å². The van der Waals surface area contributed by atoms with Crippen LogP contribution in [0.4, 0.5) is 0 Å². The molecule has 0 aliphatic rings. The third-order valence-corrected chi connectivity index (χ3v) is 5.07. The van der Waals surface area contributed by atoms with Crippen LogP contribution in [0, 0.1) is 0 Å². The third-order valence-electron chi connectivity index (χ3n) is 2.77. The fourth-order valence-electron chi connectivity index (χ4n) is 1.72. The van der Waals surface area contributed by atoms with Gasteiger partial charge in [-0.15, -0.1) is 11.3 Å². The first kappa shape index (κ1) is 15.0. The first-order valence-corrected chi connectivity index (χ1v) is 8.32. The summed E-state index contributed by atoms with van der Waals surface area (Å²) in [4.78, 5) is 1.06. The molecule has 1 aromatic heterocycles. The number of rotatable bonds is 6. The number of ether oxygens (including phenoxy) is 1. The quantitative estimate of drug-likeness (QED) is 0.850. The highest BCUT2D eigenvalue weighted by Crippen LogP contribution is 2.25. The minimum Gasteiger partial charge on any atom is -0.495 e. The van der Waals surface area contributed by atoms with Crippen molar-refractivity contribution in [3.63, 3.8) is 0 Å². The molecule has 7 heteroatoms. The number of nitrogens with two attached hydrogens (primary N) is 1. The van der Waals surface area contributed by atoms with Gasteiger partial charge in [0.1, 0.15) is 10.6 Å².